The molecule has 2 rings (SSSR count). The fourth-order valence-electron chi connectivity index (χ4n) is 2.98. The SMILES string of the molecule is CNC(=O)CCN1CCC(N2CCC(N)CC2)C1. The number of hydrogen-bond donors (Lipinski definition) is 2. The topological polar surface area (TPSA) is 61.6 Å². The highest BCUT2D eigenvalue weighted by Gasteiger charge is 2.29. The predicted octanol–water partition coefficient (Wildman–Crippen LogP) is -0.380. The smallest absolute Gasteiger partial charge is 0.221 e. The lowest BCUT2D eigenvalue weighted by molar-refractivity contribution is -0.120. The van der Waals surface area contributed by atoms with Crippen LogP contribution in [0.1, 0.15) is 25.7 Å². The fourth-order valence-corrected chi connectivity index (χ4v) is 2.98. The van der Waals surface area contributed by atoms with Crippen LogP contribution in [0.3, 0.4) is 0 Å². The lowest BCUT2D eigenvalue weighted by Gasteiger charge is -2.34. The zero-order valence-corrected chi connectivity index (χ0v) is 11.4. The van der Waals surface area contributed by atoms with Crippen LogP contribution in [0.4, 0.5) is 0 Å². The predicted molar refractivity (Wildman–Crippen MR) is 72.3 cm³/mol. The van der Waals surface area contributed by atoms with Gasteiger partial charge in [-0.05, 0) is 38.9 Å². The molecule has 2 saturated heterocycles. The van der Waals surface area contributed by atoms with Crippen molar-refractivity contribution in [3.8, 4) is 0 Å². The van der Waals surface area contributed by atoms with Crippen molar-refractivity contribution in [1.82, 2.24) is 15.1 Å². The Morgan fingerprint density at radius 3 is 2.67 bits per heavy atom. The molecule has 0 aromatic rings. The Kier molecular flexibility index (Phi) is 4.97. The van der Waals surface area contributed by atoms with E-state index in [1.165, 1.54) is 6.42 Å². The molecule has 104 valence electrons. The number of likely N-dealkylation sites (tertiary alicyclic amines) is 2. The Labute approximate surface area is 110 Å². The van der Waals surface area contributed by atoms with Crippen LogP contribution in [-0.2, 0) is 4.79 Å². The number of piperidine rings is 1. The van der Waals surface area contributed by atoms with E-state index in [1.807, 2.05) is 0 Å². The number of nitrogens with zero attached hydrogens (tertiary/aromatic N) is 2. The van der Waals surface area contributed by atoms with Crippen molar-refractivity contribution in [2.45, 2.75) is 37.8 Å². The largest absolute Gasteiger partial charge is 0.359 e. The van der Waals surface area contributed by atoms with Gasteiger partial charge >= 0.3 is 0 Å². The third-order valence-corrected chi connectivity index (χ3v) is 4.27. The Balaban J connectivity index is 1.69. The summed E-state index contributed by atoms with van der Waals surface area (Å²) in [6.45, 7) is 5.43. The van der Waals surface area contributed by atoms with E-state index >= 15 is 0 Å². The van der Waals surface area contributed by atoms with Gasteiger partial charge in [0.15, 0.2) is 0 Å². The van der Waals surface area contributed by atoms with Gasteiger partial charge in [-0.3, -0.25) is 9.69 Å². The second-order valence-electron chi connectivity index (χ2n) is 5.54. The minimum Gasteiger partial charge on any atom is -0.359 e. The first kappa shape index (κ1) is 13.8. The molecule has 2 aliphatic heterocycles. The molecule has 0 spiro atoms. The lowest BCUT2D eigenvalue weighted by atomic mass is 10.0. The Bertz CT molecular complexity index is 276. The van der Waals surface area contributed by atoms with Crippen LogP contribution in [0.25, 0.3) is 0 Å². The van der Waals surface area contributed by atoms with Crippen LogP contribution < -0.4 is 11.1 Å². The molecule has 1 atom stereocenters. The molecule has 2 fully saturated rings. The second-order valence-corrected chi connectivity index (χ2v) is 5.54. The Morgan fingerprint density at radius 2 is 2.00 bits per heavy atom. The number of amides is 1. The fraction of sp³-hybridized carbons (Fsp3) is 0.923. The first-order valence-electron chi connectivity index (χ1n) is 7.11. The molecule has 18 heavy (non-hydrogen) atoms. The average Bonchev–Trinajstić information content (AvgIpc) is 2.85. The molecule has 3 N–H and O–H groups in total. The molecule has 0 saturated carbocycles. The minimum atomic E-state index is 0.141. The van der Waals surface area contributed by atoms with Gasteiger partial charge in [0.25, 0.3) is 0 Å². The maximum Gasteiger partial charge on any atom is 0.221 e. The van der Waals surface area contributed by atoms with E-state index < -0.39 is 0 Å². The Morgan fingerprint density at radius 1 is 1.28 bits per heavy atom. The molecular weight excluding hydrogens is 228 g/mol. The van der Waals surface area contributed by atoms with Crippen molar-refractivity contribution in [3.05, 3.63) is 0 Å². The van der Waals surface area contributed by atoms with Crippen LogP contribution in [0.2, 0.25) is 0 Å². The van der Waals surface area contributed by atoms with Crippen LogP contribution in [0, 0.1) is 0 Å². The molecule has 5 nitrogen and oxygen atoms in total. The van der Waals surface area contributed by atoms with E-state index in [2.05, 4.69) is 15.1 Å². The summed E-state index contributed by atoms with van der Waals surface area (Å²) < 4.78 is 0. The van der Waals surface area contributed by atoms with Crippen molar-refractivity contribution in [2.24, 2.45) is 5.73 Å². The summed E-state index contributed by atoms with van der Waals surface area (Å²) in [5.41, 5.74) is 5.94. The van der Waals surface area contributed by atoms with Crippen molar-refractivity contribution in [3.63, 3.8) is 0 Å². The molecular formula is C13H26N4O. The van der Waals surface area contributed by atoms with Gasteiger partial charge in [0.2, 0.25) is 5.91 Å². The van der Waals surface area contributed by atoms with E-state index in [9.17, 15) is 4.79 Å². The number of carbonyl (C=O) groups is 1. The summed E-state index contributed by atoms with van der Waals surface area (Å²) in [6, 6.07) is 1.09. The summed E-state index contributed by atoms with van der Waals surface area (Å²) in [5.74, 6) is 0.141. The molecule has 2 aliphatic rings. The van der Waals surface area contributed by atoms with Crippen molar-refractivity contribution < 1.29 is 4.79 Å². The molecule has 0 bridgehead atoms. The second kappa shape index (κ2) is 6.50. The summed E-state index contributed by atoms with van der Waals surface area (Å²) in [6.07, 6.45) is 4.13. The molecule has 1 amide bonds. The zero-order valence-electron chi connectivity index (χ0n) is 11.4. The highest BCUT2D eigenvalue weighted by atomic mass is 16.1. The molecule has 2 heterocycles. The van der Waals surface area contributed by atoms with Crippen LogP contribution in [0.5, 0.6) is 0 Å². The van der Waals surface area contributed by atoms with Gasteiger partial charge in [-0.1, -0.05) is 0 Å². The Hall–Kier alpha value is -0.650. The third kappa shape index (κ3) is 3.67. The molecule has 0 aromatic carbocycles. The standard InChI is InChI=1S/C13H26N4O/c1-15-13(18)5-7-16-6-4-12(10-16)17-8-2-11(14)3-9-17/h11-12H,2-10,14H2,1H3,(H,15,18). The molecule has 1 unspecified atom stereocenters. The lowest BCUT2D eigenvalue weighted by Crippen LogP contribution is -2.46. The number of hydrogen-bond acceptors (Lipinski definition) is 4. The van der Waals surface area contributed by atoms with Gasteiger partial charge in [-0.2, -0.15) is 0 Å². The highest BCUT2D eigenvalue weighted by Crippen LogP contribution is 2.19. The van der Waals surface area contributed by atoms with Gasteiger partial charge in [0.1, 0.15) is 0 Å². The molecule has 0 aromatic heterocycles. The van der Waals surface area contributed by atoms with Gasteiger partial charge in [0.05, 0.1) is 0 Å². The third-order valence-electron chi connectivity index (χ3n) is 4.27. The normalized spacial score (nSPS) is 27.6. The summed E-state index contributed by atoms with van der Waals surface area (Å²) in [7, 11) is 1.70. The van der Waals surface area contributed by atoms with Crippen molar-refractivity contribution in [2.75, 3.05) is 39.8 Å². The average molecular weight is 254 g/mol. The minimum absolute atomic E-state index is 0.141. The van der Waals surface area contributed by atoms with E-state index in [4.69, 9.17) is 5.73 Å². The highest BCUT2D eigenvalue weighted by molar-refractivity contribution is 5.75. The number of rotatable bonds is 4. The van der Waals surface area contributed by atoms with E-state index in [-0.39, 0.29) is 5.91 Å². The van der Waals surface area contributed by atoms with E-state index in [1.54, 1.807) is 7.05 Å². The van der Waals surface area contributed by atoms with E-state index in [0.717, 1.165) is 45.6 Å². The first-order valence-corrected chi connectivity index (χ1v) is 7.11. The maximum atomic E-state index is 11.2. The van der Waals surface area contributed by atoms with Crippen LogP contribution >= 0.6 is 0 Å². The van der Waals surface area contributed by atoms with Crippen molar-refractivity contribution in [1.29, 1.82) is 0 Å². The van der Waals surface area contributed by atoms with Gasteiger partial charge in [-0.25, -0.2) is 0 Å². The van der Waals surface area contributed by atoms with Crippen LogP contribution in [-0.4, -0.2) is 67.6 Å². The molecule has 0 aliphatic carbocycles. The van der Waals surface area contributed by atoms with Crippen molar-refractivity contribution >= 4 is 5.91 Å². The number of nitrogens with one attached hydrogen (secondary N) is 1. The maximum absolute atomic E-state index is 11.2. The van der Waals surface area contributed by atoms with Gasteiger partial charge in [0, 0.05) is 38.6 Å². The summed E-state index contributed by atoms with van der Waals surface area (Å²) >= 11 is 0. The number of carbonyl (C=O) groups excluding carboxylic acids is 1. The molecule has 5 heteroatoms. The van der Waals surface area contributed by atoms with Gasteiger partial charge in [-0.15, -0.1) is 0 Å². The summed E-state index contributed by atoms with van der Waals surface area (Å²) in [5, 5.41) is 2.68. The monoisotopic (exact) mass is 254 g/mol. The van der Waals surface area contributed by atoms with E-state index in [0.29, 0.717) is 18.5 Å². The quantitative estimate of drug-likeness (QED) is 0.718. The van der Waals surface area contributed by atoms with Crippen LogP contribution in [0.15, 0.2) is 0 Å². The molecule has 0 radical (unpaired) electrons. The summed E-state index contributed by atoms with van der Waals surface area (Å²) in [4.78, 5) is 16.2. The van der Waals surface area contributed by atoms with Gasteiger partial charge < -0.3 is 16.0 Å². The number of nitrogens with two attached hydrogens (primary N) is 1. The zero-order chi connectivity index (χ0) is 13.0. The first-order chi connectivity index (χ1) is 8.69.